The van der Waals surface area contributed by atoms with E-state index in [9.17, 15) is 4.79 Å². The van der Waals surface area contributed by atoms with Gasteiger partial charge < -0.3 is 14.4 Å². The molecule has 28 heavy (non-hydrogen) atoms. The molecule has 1 amide bonds. The first-order chi connectivity index (χ1) is 13.5. The van der Waals surface area contributed by atoms with Crippen LogP contribution in [0.4, 0.5) is 0 Å². The van der Waals surface area contributed by atoms with Crippen LogP contribution in [0.2, 0.25) is 0 Å². The number of carbonyl (C=O) groups excluding carboxylic acids is 1. The number of carbonyl (C=O) groups is 1. The summed E-state index contributed by atoms with van der Waals surface area (Å²) in [4.78, 5) is 14.5. The molecule has 1 aliphatic heterocycles. The summed E-state index contributed by atoms with van der Waals surface area (Å²) in [6, 6.07) is 9.45. The van der Waals surface area contributed by atoms with E-state index in [0.717, 1.165) is 29.4 Å². The zero-order chi connectivity index (χ0) is 20.1. The van der Waals surface area contributed by atoms with Gasteiger partial charge in [0.2, 0.25) is 5.91 Å². The molecule has 1 fully saturated rings. The normalized spacial score (nSPS) is 19.4. The molecular weight excluding hydrogens is 374 g/mol. The molecule has 0 N–H and O–H groups in total. The number of piperidine rings is 1. The molecule has 3 rings (SSSR count). The van der Waals surface area contributed by atoms with Crippen molar-refractivity contribution in [2.24, 2.45) is 11.8 Å². The van der Waals surface area contributed by atoms with Gasteiger partial charge in [0.25, 0.3) is 0 Å². The van der Waals surface area contributed by atoms with Crippen LogP contribution in [0, 0.1) is 11.8 Å². The lowest BCUT2D eigenvalue weighted by Crippen LogP contribution is -2.43. The molecule has 0 radical (unpaired) electrons. The molecule has 2 heterocycles. The molecule has 0 unspecified atom stereocenters. The van der Waals surface area contributed by atoms with E-state index in [0.29, 0.717) is 29.1 Å². The maximum atomic E-state index is 12.5. The summed E-state index contributed by atoms with van der Waals surface area (Å²) < 4.78 is 10.6. The van der Waals surface area contributed by atoms with Crippen molar-refractivity contribution in [3.63, 3.8) is 0 Å². The van der Waals surface area contributed by atoms with Crippen LogP contribution >= 0.6 is 11.8 Å². The fourth-order valence-corrected chi connectivity index (χ4v) is 4.36. The summed E-state index contributed by atoms with van der Waals surface area (Å²) >= 11 is 1.43. The zero-order valence-corrected chi connectivity index (χ0v) is 17.7. The molecule has 0 aliphatic carbocycles. The first kappa shape index (κ1) is 20.5. The lowest BCUT2D eigenvalue weighted by molar-refractivity contribution is -0.130. The topological polar surface area (TPSA) is 64.5 Å². The summed E-state index contributed by atoms with van der Waals surface area (Å²) in [5.41, 5.74) is 1.64. The number of thioether (sulfide) groups is 1. The van der Waals surface area contributed by atoms with Crippen molar-refractivity contribution in [1.29, 1.82) is 0 Å². The molecule has 0 spiro atoms. The Labute approximate surface area is 170 Å². The van der Waals surface area contributed by atoms with Gasteiger partial charge in [-0.15, -0.1) is 10.2 Å². The van der Waals surface area contributed by atoms with Gasteiger partial charge in [0, 0.05) is 18.7 Å². The number of hydrogen-bond acceptors (Lipinski definition) is 6. The first-order valence-corrected chi connectivity index (χ1v) is 10.5. The predicted molar refractivity (Wildman–Crippen MR) is 111 cm³/mol. The largest absolute Gasteiger partial charge is 0.493 e. The molecule has 2 aromatic rings. The SMILES string of the molecule is COc1ccc(-c2ccc(SCC(=O)N3C[C@@H](C)C[C@H](C)C3)nn2)cc1OC. The van der Waals surface area contributed by atoms with E-state index in [-0.39, 0.29) is 5.91 Å². The number of nitrogens with zero attached hydrogens (tertiary/aromatic N) is 3. The lowest BCUT2D eigenvalue weighted by atomic mass is 9.92. The van der Waals surface area contributed by atoms with Gasteiger partial charge in [-0.1, -0.05) is 25.6 Å². The Morgan fingerprint density at radius 2 is 1.79 bits per heavy atom. The average molecular weight is 402 g/mol. The van der Waals surface area contributed by atoms with Crippen LogP contribution in [0.1, 0.15) is 20.3 Å². The predicted octanol–water partition coefficient (Wildman–Crippen LogP) is 3.76. The fraction of sp³-hybridized carbons (Fsp3) is 0.476. The second-order valence-corrected chi connectivity index (χ2v) is 8.36. The second-order valence-electron chi connectivity index (χ2n) is 7.36. The van der Waals surface area contributed by atoms with Crippen LogP contribution < -0.4 is 9.47 Å². The highest BCUT2D eigenvalue weighted by Gasteiger charge is 2.25. The minimum atomic E-state index is 0.175. The summed E-state index contributed by atoms with van der Waals surface area (Å²) in [7, 11) is 3.21. The van der Waals surface area contributed by atoms with Crippen LogP contribution in [0.25, 0.3) is 11.3 Å². The highest BCUT2D eigenvalue weighted by molar-refractivity contribution is 7.99. The highest BCUT2D eigenvalue weighted by Crippen LogP contribution is 2.31. The third-order valence-electron chi connectivity index (χ3n) is 4.88. The van der Waals surface area contributed by atoms with Crippen molar-refractivity contribution < 1.29 is 14.3 Å². The van der Waals surface area contributed by atoms with E-state index < -0.39 is 0 Å². The average Bonchev–Trinajstić information content (AvgIpc) is 2.71. The molecule has 1 saturated heterocycles. The Hall–Kier alpha value is -2.28. The van der Waals surface area contributed by atoms with E-state index in [1.807, 2.05) is 35.2 Å². The monoisotopic (exact) mass is 401 g/mol. The Morgan fingerprint density at radius 1 is 1.07 bits per heavy atom. The highest BCUT2D eigenvalue weighted by atomic mass is 32.2. The smallest absolute Gasteiger partial charge is 0.233 e. The number of ether oxygens (including phenoxy) is 2. The van der Waals surface area contributed by atoms with Gasteiger partial charge in [-0.2, -0.15) is 0 Å². The summed E-state index contributed by atoms with van der Waals surface area (Å²) in [5, 5.41) is 9.32. The standard InChI is InChI=1S/C21H27N3O3S/c1-14-9-15(2)12-24(11-14)21(25)13-28-20-8-6-17(22-23-20)16-5-7-18(26-3)19(10-16)27-4/h5-8,10,14-15H,9,11-13H2,1-4H3/t14-,15-/m0/s1. The molecule has 1 aromatic carbocycles. The van der Waals surface area contributed by atoms with Gasteiger partial charge in [0.05, 0.1) is 25.7 Å². The van der Waals surface area contributed by atoms with Crippen LogP contribution in [-0.2, 0) is 4.79 Å². The van der Waals surface area contributed by atoms with E-state index in [1.165, 1.54) is 18.2 Å². The van der Waals surface area contributed by atoms with Crippen molar-refractivity contribution in [1.82, 2.24) is 15.1 Å². The van der Waals surface area contributed by atoms with Gasteiger partial charge in [0.1, 0.15) is 5.03 Å². The number of benzene rings is 1. The maximum absolute atomic E-state index is 12.5. The van der Waals surface area contributed by atoms with Crippen LogP contribution in [-0.4, -0.2) is 54.1 Å². The summed E-state index contributed by atoms with van der Waals surface area (Å²) in [6.07, 6.45) is 1.19. The number of likely N-dealkylation sites (tertiary alicyclic amines) is 1. The van der Waals surface area contributed by atoms with E-state index >= 15 is 0 Å². The Bertz CT molecular complexity index is 803. The van der Waals surface area contributed by atoms with Crippen LogP contribution in [0.3, 0.4) is 0 Å². The Balaban J connectivity index is 1.61. The quantitative estimate of drug-likeness (QED) is 0.687. The molecule has 2 atom stereocenters. The van der Waals surface area contributed by atoms with Crippen molar-refractivity contribution in [3.05, 3.63) is 30.3 Å². The molecular formula is C21H27N3O3S. The third kappa shape index (κ3) is 4.95. The molecule has 150 valence electrons. The Kier molecular flexibility index (Phi) is 6.78. The number of amides is 1. The molecule has 1 aromatic heterocycles. The lowest BCUT2D eigenvalue weighted by Gasteiger charge is -2.34. The van der Waals surface area contributed by atoms with Crippen LogP contribution in [0.15, 0.2) is 35.4 Å². The number of methoxy groups -OCH3 is 2. The van der Waals surface area contributed by atoms with E-state index in [1.54, 1.807) is 14.2 Å². The van der Waals surface area contributed by atoms with Crippen molar-refractivity contribution in [2.45, 2.75) is 25.3 Å². The fourth-order valence-electron chi connectivity index (χ4n) is 3.64. The Morgan fingerprint density at radius 3 is 2.39 bits per heavy atom. The van der Waals surface area contributed by atoms with Crippen molar-refractivity contribution >= 4 is 17.7 Å². The van der Waals surface area contributed by atoms with Gasteiger partial charge in [-0.05, 0) is 48.6 Å². The molecule has 1 aliphatic rings. The number of rotatable bonds is 6. The minimum absolute atomic E-state index is 0.175. The van der Waals surface area contributed by atoms with E-state index in [4.69, 9.17) is 9.47 Å². The van der Waals surface area contributed by atoms with Crippen molar-refractivity contribution in [3.8, 4) is 22.8 Å². The van der Waals surface area contributed by atoms with Gasteiger partial charge in [-0.25, -0.2) is 0 Å². The van der Waals surface area contributed by atoms with Gasteiger partial charge in [-0.3, -0.25) is 4.79 Å². The molecule has 0 bridgehead atoms. The van der Waals surface area contributed by atoms with Gasteiger partial charge in [0.15, 0.2) is 11.5 Å². The number of aromatic nitrogens is 2. The minimum Gasteiger partial charge on any atom is -0.493 e. The summed E-state index contributed by atoms with van der Waals surface area (Å²) in [6.45, 7) is 6.13. The van der Waals surface area contributed by atoms with Crippen LogP contribution in [0.5, 0.6) is 11.5 Å². The molecule has 0 saturated carbocycles. The zero-order valence-electron chi connectivity index (χ0n) is 16.8. The summed E-state index contributed by atoms with van der Waals surface area (Å²) in [5.74, 6) is 3.02. The molecule has 6 nitrogen and oxygen atoms in total. The third-order valence-corrected chi connectivity index (χ3v) is 5.79. The maximum Gasteiger partial charge on any atom is 0.233 e. The van der Waals surface area contributed by atoms with Gasteiger partial charge >= 0.3 is 0 Å². The number of hydrogen-bond donors (Lipinski definition) is 0. The van der Waals surface area contributed by atoms with E-state index in [2.05, 4.69) is 24.0 Å². The molecule has 7 heteroatoms. The second kappa shape index (κ2) is 9.28. The first-order valence-electron chi connectivity index (χ1n) is 9.46. The van der Waals surface area contributed by atoms with Crippen molar-refractivity contribution in [2.75, 3.05) is 33.1 Å².